The number of cyclic esters (lactones) is 1. The van der Waals surface area contributed by atoms with Crippen LogP contribution in [0.1, 0.15) is 40.5 Å². The molecule has 1 N–H and O–H groups in total. The first kappa shape index (κ1) is 11.5. The molecular weight excluding hydrogens is 180 g/mol. The van der Waals surface area contributed by atoms with Gasteiger partial charge in [-0.2, -0.15) is 0 Å². The van der Waals surface area contributed by atoms with Crippen LogP contribution in [-0.4, -0.2) is 23.3 Å². The highest BCUT2D eigenvalue weighted by molar-refractivity contribution is 5.73. The third-order valence-corrected chi connectivity index (χ3v) is 2.69. The fraction of sp³-hybridized carbons (Fsp3) is 0.909. The van der Waals surface area contributed by atoms with Crippen LogP contribution in [-0.2, 0) is 9.53 Å². The molecule has 2 unspecified atom stereocenters. The van der Waals surface area contributed by atoms with E-state index in [1.165, 1.54) is 0 Å². The molecule has 0 saturated carbocycles. The third-order valence-electron chi connectivity index (χ3n) is 2.69. The van der Waals surface area contributed by atoms with Gasteiger partial charge in [0.1, 0.15) is 6.10 Å². The maximum Gasteiger partial charge on any atom is 0.306 e. The number of aliphatic hydroxyl groups is 1. The van der Waals surface area contributed by atoms with Crippen molar-refractivity contribution in [3.8, 4) is 0 Å². The lowest BCUT2D eigenvalue weighted by atomic mass is 9.81. The number of rotatable bonds is 3. The van der Waals surface area contributed by atoms with E-state index in [9.17, 15) is 9.90 Å². The van der Waals surface area contributed by atoms with Gasteiger partial charge in [-0.25, -0.2) is 0 Å². The van der Waals surface area contributed by atoms with Crippen molar-refractivity contribution in [1.82, 2.24) is 0 Å². The van der Waals surface area contributed by atoms with Gasteiger partial charge >= 0.3 is 5.97 Å². The fourth-order valence-electron chi connectivity index (χ4n) is 2.02. The summed E-state index contributed by atoms with van der Waals surface area (Å²) in [6, 6.07) is 0. The molecule has 0 aromatic heterocycles. The van der Waals surface area contributed by atoms with E-state index in [4.69, 9.17) is 4.74 Å². The van der Waals surface area contributed by atoms with E-state index < -0.39 is 6.10 Å². The molecule has 1 aliphatic heterocycles. The van der Waals surface area contributed by atoms with Crippen LogP contribution in [0.3, 0.4) is 0 Å². The van der Waals surface area contributed by atoms with Crippen molar-refractivity contribution in [1.29, 1.82) is 0 Å². The first-order valence-electron chi connectivity index (χ1n) is 5.20. The highest BCUT2D eigenvalue weighted by Crippen LogP contribution is 2.37. The van der Waals surface area contributed by atoms with Gasteiger partial charge in [-0.05, 0) is 12.3 Å². The minimum atomic E-state index is -0.531. The van der Waals surface area contributed by atoms with Gasteiger partial charge in [0.15, 0.2) is 0 Å². The lowest BCUT2D eigenvalue weighted by Crippen LogP contribution is -2.37. The monoisotopic (exact) mass is 200 g/mol. The minimum Gasteiger partial charge on any atom is -0.459 e. The van der Waals surface area contributed by atoms with Crippen LogP contribution < -0.4 is 0 Å². The fourth-order valence-corrected chi connectivity index (χ4v) is 2.02. The number of ether oxygens (including phenoxy) is 1. The van der Waals surface area contributed by atoms with Gasteiger partial charge in [-0.1, -0.05) is 27.7 Å². The molecule has 0 aromatic carbocycles. The van der Waals surface area contributed by atoms with Gasteiger partial charge in [0, 0.05) is 5.41 Å². The number of hydrogen-bond acceptors (Lipinski definition) is 3. The highest BCUT2D eigenvalue weighted by Gasteiger charge is 2.45. The SMILES string of the molecule is CC(C)CC(O)C1OC(=O)CC1(C)C. The number of carbonyl (C=O) groups excluding carboxylic acids is 1. The van der Waals surface area contributed by atoms with Crippen molar-refractivity contribution in [3.05, 3.63) is 0 Å². The molecule has 0 bridgehead atoms. The van der Waals surface area contributed by atoms with E-state index in [0.717, 1.165) is 0 Å². The smallest absolute Gasteiger partial charge is 0.306 e. The van der Waals surface area contributed by atoms with Crippen LogP contribution in [0.2, 0.25) is 0 Å². The van der Waals surface area contributed by atoms with E-state index in [1.54, 1.807) is 0 Å². The molecular formula is C11H20O3. The van der Waals surface area contributed by atoms with Crippen LogP contribution in [0.4, 0.5) is 0 Å². The Morgan fingerprint density at radius 1 is 1.57 bits per heavy atom. The zero-order chi connectivity index (χ0) is 10.9. The predicted octanol–water partition coefficient (Wildman–Crippen LogP) is 1.74. The van der Waals surface area contributed by atoms with Crippen LogP contribution in [0.15, 0.2) is 0 Å². The van der Waals surface area contributed by atoms with Gasteiger partial charge < -0.3 is 9.84 Å². The van der Waals surface area contributed by atoms with E-state index in [-0.39, 0.29) is 17.5 Å². The second kappa shape index (κ2) is 3.89. The van der Waals surface area contributed by atoms with Gasteiger partial charge in [-0.3, -0.25) is 4.79 Å². The molecule has 82 valence electrons. The summed E-state index contributed by atoms with van der Waals surface area (Å²) in [4.78, 5) is 11.1. The number of aliphatic hydroxyl groups excluding tert-OH is 1. The summed E-state index contributed by atoms with van der Waals surface area (Å²) < 4.78 is 5.15. The molecule has 0 radical (unpaired) electrons. The van der Waals surface area contributed by atoms with Crippen molar-refractivity contribution in [2.45, 2.75) is 52.7 Å². The van der Waals surface area contributed by atoms with E-state index in [1.807, 2.05) is 27.7 Å². The molecule has 0 amide bonds. The maximum absolute atomic E-state index is 11.1. The average Bonchev–Trinajstić information content (AvgIpc) is 2.22. The lowest BCUT2D eigenvalue weighted by molar-refractivity contribution is -0.147. The molecule has 0 aliphatic carbocycles. The lowest BCUT2D eigenvalue weighted by Gasteiger charge is -2.28. The van der Waals surface area contributed by atoms with Gasteiger partial charge in [0.05, 0.1) is 12.5 Å². The summed E-state index contributed by atoms with van der Waals surface area (Å²) in [6.45, 7) is 8.03. The van der Waals surface area contributed by atoms with Crippen molar-refractivity contribution >= 4 is 5.97 Å². The Balaban J connectivity index is 2.63. The van der Waals surface area contributed by atoms with Crippen molar-refractivity contribution in [2.75, 3.05) is 0 Å². The van der Waals surface area contributed by atoms with E-state index in [0.29, 0.717) is 18.8 Å². The second-order valence-electron chi connectivity index (χ2n) is 5.27. The molecule has 1 fully saturated rings. The summed E-state index contributed by atoms with van der Waals surface area (Å²) >= 11 is 0. The standard InChI is InChI=1S/C11H20O3/c1-7(2)5-8(12)10-11(3,4)6-9(13)14-10/h7-8,10,12H,5-6H2,1-4H3. The predicted molar refractivity (Wildman–Crippen MR) is 53.7 cm³/mol. The van der Waals surface area contributed by atoms with Gasteiger partial charge in [0.25, 0.3) is 0 Å². The van der Waals surface area contributed by atoms with Crippen LogP contribution in [0, 0.1) is 11.3 Å². The largest absolute Gasteiger partial charge is 0.459 e. The normalized spacial score (nSPS) is 27.9. The van der Waals surface area contributed by atoms with E-state index in [2.05, 4.69) is 0 Å². The van der Waals surface area contributed by atoms with E-state index >= 15 is 0 Å². The summed E-state index contributed by atoms with van der Waals surface area (Å²) in [5.74, 6) is 0.225. The van der Waals surface area contributed by atoms with Gasteiger partial charge in [0.2, 0.25) is 0 Å². The summed E-state index contributed by atoms with van der Waals surface area (Å²) in [6.07, 6.45) is 0.225. The number of carbonyl (C=O) groups is 1. The van der Waals surface area contributed by atoms with Crippen LogP contribution in [0.25, 0.3) is 0 Å². The minimum absolute atomic E-state index is 0.192. The maximum atomic E-state index is 11.1. The first-order chi connectivity index (χ1) is 6.33. The highest BCUT2D eigenvalue weighted by atomic mass is 16.6. The molecule has 2 atom stereocenters. The van der Waals surface area contributed by atoms with Crippen molar-refractivity contribution in [2.24, 2.45) is 11.3 Å². The topological polar surface area (TPSA) is 46.5 Å². The first-order valence-corrected chi connectivity index (χ1v) is 5.20. The molecule has 3 nitrogen and oxygen atoms in total. The molecule has 1 heterocycles. The van der Waals surface area contributed by atoms with Crippen molar-refractivity contribution in [3.63, 3.8) is 0 Å². The Morgan fingerprint density at radius 2 is 2.14 bits per heavy atom. The van der Waals surface area contributed by atoms with Crippen molar-refractivity contribution < 1.29 is 14.6 Å². The molecule has 3 heteroatoms. The molecule has 0 aromatic rings. The van der Waals surface area contributed by atoms with Gasteiger partial charge in [-0.15, -0.1) is 0 Å². The van der Waals surface area contributed by atoms with Crippen LogP contribution >= 0.6 is 0 Å². The Labute approximate surface area is 85.5 Å². The Morgan fingerprint density at radius 3 is 2.50 bits per heavy atom. The Kier molecular flexibility index (Phi) is 3.20. The van der Waals surface area contributed by atoms with Crippen LogP contribution in [0.5, 0.6) is 0 Å². The number of hydrogen-bond donors (Lipinski definition) is 1. The average molecular weight is 200 g/mol. The molecule has 1 aliphatic rings. The third kappa shape index (κ3) is 2.47. The zero-order valence-electron chi connectivity index (χ0n) is 9.41. The quantitative estimate of drug-likeness (QED) is 0.706. The molecule has 1 saturated heterocycles. The summed E-state index contributed by atoms with van der Waals surface area (Å²) in [5, 5.41) is 9.90. The second-order valence-corrected chi connectivity index (χ2v) is 5.27. The molecule has 1 rings (SSSR count). The zero-order valence-corrected chi connectivity index (χ0v) is 9.41. The summed E-state index contributed by atoms with van der Waals surface area (Å²) in [5.41, 5.74) is -0.231. The molecule has 0 spiro atoms. The Hall–Kier alpha value is -0.570. The molecule has 14 heavy (non-hydrogen) atoms. The number of esters is 1. The Bertz CT molecular complexity index is 221. The summed E-state index contributed by atoms with van der Waals surface area (Å²) in [7, 11) is 0.